The van der Waals surface area contributed by atoms with Crippen LogP contribution in [0.1, 0.15) is 53.3 Å². The van der Waals surface area contributed by atoms with E-state index in [1.165, 1.54) is 30.4 Å². The molecule has 0 N–H and O–H groups in total. The average Bonchev–Trinajstić information content (AvgIpc) is 3.36. The van der Waals surface area contributed by atoms with E-state index in [-0.39, 0.29) is 0 Å². The van der Waals surface area contributed by atoms with Gasteiger partial charge in [0.25, 0.3) is 0 Å². The molecule has 5 rings (SSSR count). The van der Waals surface area contributed by atoms with Gasteiger partial charge in [0.15, 0.2) is 0 Å². The quantitative estimate of drug-likeness (QED) is 0.295. The van der Waals surface area contributed by atoms with Gasteiger partial charge in [0.1, 0.15) is 36.0 Å². The highest BCUT2D eigenvalue weighted by molar-refractivity contribution is 5.55. The second-order valence-electron chi connectivity index (χ2n) is 9.95. The summed E-state index contributed by atoms with van der Waals surface area (Å²) in [5.41, 5.74) is 6.60. The molecule has 0 amide bonds. The van der Waals surface area contributed by atoms with Crippen molar-refractivity contribution in [3.8, 4) is 22.9 Å². The Morgan fingerprint density at radius 2 is 1.15 bits per heavy atom. The molecule has 176 valence electrons. The number of benzene rings is 2. The summed E-state index contributed by atoms with van der Waals surface area (Å²) in [6.45, 7) is 12.2. The number of quaternary nitrogens is 1. The van der Waals surface area contributed by atoms with Crippen LogP contribution in [0, 0.1) is 27.7 Å². The van der Waals surface area contributed by atoms with Crippen molar-refractivity contribution in [2.75, 3.05) is 13.1 Å². The molecule has 0 atom stereocenters. The molecule has 4 aromatic rings. The zero-order chi connectivity index (χ0) is 23.7. The monoisotopic (exact) mass is 456 g/mol. The number of aromatic nitrogens is 2. The number of rotatable bonds is 6. The van der Waals surface area contributed by atoms with Gasteiger partial charge in [-0.15, -0.1) is 0 Å². The standard InChI is InChI=1S/C29H34N3O2/c1-20-10-8-12-24(16-20)28-30-26(22(3)33-28)18-32(14-6-5-7-15-32)19-27-23(4)34-29(31-27)25-13-9-11-21(2)17-25/h8-13,16-17H,5-7,14-15,18-19H2,1-4H3/q+1. The van der Waals surface area contributed by atoms with Crippen LogP contribution in [-0.4, -0.2) is 27.5 Å². The molecule has 2 aromatic carbocycles. The van der Waals surface area contributed by atoms with Crippen molar-refractivity contribution in [1.82, 2.24) is 9.97 Å². The fraction of sp³-hybridized carbons (Fsp3) is 0.379. The van der Waals surface area contributed by atoms with Gasteiger partial charge in [0.05, 0.1) is 13.1 Å². The minimum Gasteiger partial charge on any atom is -0.441 e. The molecule has 1 aliphatic rings. The Morgan fingerprint density at radius 3 is 1.59 bits per heavy atom. The lowest BCUT2D eigenvalue weighted by Gasteiger charge is -2.40. The lowest BCUT2D eigenvalue weighted by molar-refractivity contribution is -0.958. The molecule has 0 unspecified atom stereocenters. The van der Waals surface area contributed by atoms with Crippen LogP contribution in [-0.2, 0) is 13.1 Å². The fourth-order valence-corrected chi connectivity index (χ4v) is 5.14. The summed E-state index contributed by atoms with van der Waals surface area (Å²) in [6, 6.07) is 16.7. The summed E-state index contributed by atoms with van der Waals surface area (Å²) in [7, 11) is 0. The van der Waals surface area contributed by atoms with Gasteiger partial charge in [0.2, 0.25) is 11.8 Å². The summed E-state index contributed by atoms with van der Waals surface area (Å²) in [4.78, 5) is 9.92. The van der Waals surface area contributed by atoms with Crippen LogP contribution in [0.3, 0.4) is 0 Å². The molecule has 1 saturated heterocycles. The van der Waals surface area contributed by atoms with E-state index >= 15 is 0 Å². The van der Waals surface area contributed by atoms with Crippen molar-refractivity contribution in [2.24, 2.45) is 0 Å². The summed E-state index contributed by atoms with van der Waals surface area (Å²) in [6.07, 6.45) is 3.74. The molecule has 1 aliphatic heterocycles. The fourth-order valence-electron chi connectivity index (χ4n) is 5.14. The maximum Gasteiger partial charge on any atom is 0.226 e. The molecule has 0 radical (unpaired) electrons. The number of nitrogens with zero attached hydrogens (tertiary/aromatic N) is 3. The zero-order valence-corrected chi connectivity index (χ0v) is 20.7. The summed E-state index contributed by atoms with van der Waals surface area (Å²) >= 11 is 0. The Morgan fingerprint density at radius 1 is 0.676 bits per heavy atom. The van der Waals surface area contributed by atoms with E-state index in [4.69, 9.17) is 18.8 Å². The van der Waals surface area contributed by atoms with Crippen molar-refractivity contribution in [1.29, 1.82) is 0 Å². The second kappa shape index (κ2) is 9.22. The van der Waals surface area contributed by atoms with Gasteiger partial charge in [-0.05, 0) is 71.2 Å². The van der Waals surface area contributed by atoms with Crippen LogP contribution in [0.4, 0.5) is 0 Å². The number of oxazole rings is 2. The summed E-state index contributed by atoms with van der Waals surface area (Å²) in [5.74, 6) is 3.25. The van der Waals surface area contributed by atoms with Gasteiger partial charge in [-0.3, -0.25) is 0 Å². The average molecular weight is 457 g/mol. The molecular weight excluding hydrogens is 422 g/mol. The first-order valence-electron chi connectivity index (χ1n) is 12.3. The van der Waals surface area contributed by atoms with Crippen molar-refractivity contribution in [3.05, 3.63) is 82.6 Å². The lowest BCUT2D eigenvalue weighted by Crippen LogP contribution is -2.50. The number of piperidine rings is 1. The van der Waals surface area contributed by atoms with Crippen LogP contribution in [0.2, 0.25) is 0 Å². The predicted octanol–water partition coefficient (Wildman–Crippen LogP) is 6.93. The molecule has 1 fully saturated rings. The van der Waals surface area contributed by atoms with E-state index in [1.807, 2.05) is 13.8 Å². The van der Waals surface area contributed by atoms with Crippen molar-refractivity contribution in [2.45, 2.75) is 60.0 Å². The third kappa shape index (κ3) is 4.71. The predicted molar refractivity (Wildman–Crippen MR) is 134 cm³/mol. The van der Waals surface area contributed by atoms with Crippen molar-refractivity contribution >= 4 is 0 Å². The molecule has 5 nitrogen and oxygen atoms in total. The minimum atomic E-state index is 0.714. The number of hydrogen-bond acceptors (Lipinski definition) is 4. The Bertz CT molecular complexity index is 1200. The molecule has 34 heavy (non-hydrogen) atoms. The van der Waals surface area contributed by atoms with Gasteiger partial charge in [0, 0.05) is 11.1 Å². The Hall–Kier alpha value is -3.18. The van der Waals surface area contributed by atoms with Crippen molar-refractivity contribution < 1.29 is 13.3 Å². The normalized spacial score (nSPS) is 15.5. The largest absolute Gasteiger partial charge is 0.441 e. The number of likely N-dealkylation sites (tertiary alicyclic amines) is 1. The van der Waals surface area contributed by atoms with E-state index in [0.717, 1.165) is 64.7 Å². The van der Waals surface area contributed by atoms with Crippen LogP contribution in [0.25, 0.3) is 22.9 Å². The van der Waals surface area contributed by atoms with Crippen LogP contribution in [0.5, 0.6) is 0 Å². The Kier molecular flexibility index (Phi) is 6.13. The highest BCUT2D eigenvalue weighted by atomic mass is 16.4. The topological polar surface area (TPSA) is 52.1 Å². The lowest BCUT2D eigenvalue weighted by atomic mass is 10.1. The third-order valence-corrected chi connectivity index (χ3v) is 7.05. The van der Waals surface area contributed by atoms with Gasteiger partial charge in [-0.25, -0.2) is 9.97 Å². The van der Waals surface area contributed by atoms with E-state index in [2.05, 4.69) is 62.4 Å². The molecule has 0 saturated carbocycles. The zero-order valence-electron chi connectivity index (χ0n) is 20.7. The minimum absolute atomic E-state index is 0.714. The Balaban J connectivity index is 1.43. The van der Waals surface area contributed by atoms with Gasteiger partial charge in [-0.2, -0.15) is 0 Å². The van der Waals surface area contributed by atoms with Crippen LogP contribution < -0.4 is 0 Å². The van der Waals surface area contributed by atoms with Gasteiger partial charge < -0.3 is 13.3 Å². The van der Waals surface area contributed by atoms with E-state index in [1.54, 1.807) is 0 Å². The van der Waals surface area contributed by atoms with Crippen molar-refractivity contribution in [3.63, 3.8) is 0 Å². The number of hydrogen-bond donors (Lipinski definition) is 0. The third-order valence-electron chi connectivity index (χ3n) is 7.05. The first kappa shape index (κ1) is 22.6. The maximum absolute atomic E-state index is 6.13. The highest BCUT2D eigenvalue weighted by Crippen LogP contribution is 2.31. The van der Waals surface area contributed by atoms with Gasteiger partial charge in [-0.1, -0.05) is 35.4 Å². The first-order chi connectivity index (χ1) is 16.4. The molecular formula is C29H34N3O2+. The smallest absolute Gasteiger partial charge is 0.226 e. The van der Waals surface area contributed by atoms with E-state index in [9.17, 15) is 0 Å². The highest BCUT2D eigenvalue weighted by Gasteiger charge is 2.34. The molecule has 0 bridgehead atoms. The molecule has 2 aromatic heterocycles. The Labute approximate surface area is 202 Å². The molecule has 0 aliphatic carbocycles. The van der Waals surface area contributed by atoms with Gasteiger partial charge >= 0.3 is 0 Å². The van der Waals surface area contributed by atoms with E-state index < -0.39 is 0 Å². The van der Waals surface area contributed by atoms with Crippen LogP contribution >= 0.6 is 0 Å². The first-order valence-corrected chi connectivity index (χ1v) is 12.3. The second-order valence-corrected chi connectivity index (χ2v) is 9.95. The SMILES string of the molecule is Cc1cccc(-c2nc(C[N+]3(Cc4nc(-c5cccc(C)c5)oc4C)CCCCC3)c(C)o2)c1. The van der Waals surface area contributed by atoms with E-state index in [0.29, 0.717) is 11.8 Å². The maximum atomic E-state index is 6.13. The summed E-state index contributed by atoms with van der Waals surface area (Å²) < 4.78 is 13.2. The molecule has 3 heterocycles. The summed E-state index contributed by atoms with van der Waals surface area (Å²) in [5, 5.41) is 0. The number of aryl methyl sites for hydroxylation is 4. The van der Waals surface area contributed by atoms with Crippen LogP contribution in [0.15, 0.2) is 57.4 Å². The molecule has 5 heteroatoms. The molecule has 0 spiro atoms.